The lowest BCUT2D eigenvalue weighted by Gasteiger charge is -2.15. The van der Waals surface area contributed by atoms with Crippen LogP contribution in [0.15, 0.2) is 24.3 Å². The van der Waals surface area contributed by atoms with Crippen molar-refractivity contribution in [3.05, 3.63) is 35.4 Å². The smallest absolute Gasteiger partial charge is 0.407 e. The van der Waals surface area contributed by atoms with Crippen molar-refractivity contribution in [1.29, 1.82) is 0 Å². The molecule has 0 saturated carbocycles. The molecule has 0 bridgehead atoms. The molecule has 5 nitrogen and oxygen atoms in total. The Morgan fingerprint density at radius 2 is 1.84 bits per heavy atom. The van der Waals surface area contributed by atoms with Gasteiger partial charge in [0.15, 0.2) is 6.04 Å². The molecule has 1 aromatic rings. The second kappa shape index (κ2) is 7.49. The molecule has 0 heterocycles. The number of aliphatic carboxylic acids is 1. The number of methoxy groups -OCH3 is 1. The van der Waals surface area contributed by atoms with Gasteiger partial charge in [-0.05, 0) is 11.1 Å². The summed E-state index contributed by atoms with van der Waals surface area (Å²) in [5, 5.41) is 12.1. The van der Waals surface area contributed by atoms with Crippen LogP contribution in [0.4, 0.5) is 4.79 Å². The summed E-state index contributed by atoms with van der Waals surface area (Å²) in [6, 6.07) is 5.83. The van der Waals surface area contributed by atoms with E-state index in [1.807, 2.05) is 12.1 Å². The van der Waals surface area contributed by atoms with Gasteiger partial charge in [-0.1, -0.05) is 56.1 Å². The van der Waals surface area contributed by atoms with Crippen LogP contribution in [-0.4, -0.2) is 29.6 Å². The van der Waals surface area contributed by atoms with Crippen LogP contribution in [0, 0.1) is 0 Å². The topological polar surface area (TPSA) is 75.6 Å². The van der Waals surface area contributed by atoms with Crippen molar-refractivity contribution in [1.82, 2.24) is 5.32 Å². The zero-order valence-corrected chi connectivity index (χ0v) is 13.3. The first-order chi connectivity index (χ1) is 8.99. The average Bonchev–Trinajstić information content (AvgIpc) is 2.43. The molecule has 1 rings (SSSR count). The summed E-state index contributed by atoms with van der Waals surface area (Å²) in [6.45, 7) is 0. The number of halogens is 2. The summed E-state index contributed by atoms with van der Waals surface area (Å²) in [4.78, 5) is 22.4. The molecule has 0 saturated heterocycles. The molecule has 0 fully saturated rings. The normalized spacial score (nSPS) is 13.4. The van der Waals surface area contributed by atoms with Crippen molar-refractivity contribution in [2.45, 2.75) is 10.9 Å². The molecule has 1 amide bonds. The van der Waals surface area contributed by atoms with Gasteiger partial charge in [-0.2, -0.15) is 0 Å². The number of amides is 1. The highest BCUT2D eigenvalue weighted by molar-refractivity contribution is 9.12. The quantitative estimate of drug-likeness (QED) is 0.752. The molecule has 2 unspecified atom stereocenters. The fourth-order valence-corrected chi connectivity index (χ4v) is 2.13. The SMILES string of the molecule is COC(=O)NC(C(=O)O)c1ccc(C(Br)CBr)cc1. The number of carbonyl (C=O) groups excluding carboxylic acids is 1. The average molecular weight is 395 g/mol. The van der Waals surface area contributed by atoms with Crippen molar-refractivity contribution >= 4 is 43.9 Å². The van der Waals surface area contributed by atoms with Gasteiger partial charge in [0.1, 0.15) is 0 Å². The van der Waals surface area contributed by atoms with E-state index in [4.69, 9.17) is 5.11 Å². The van der Waals surface area contributed by atoms with Gasteiger partial charge >= 0.3 is 12.1 Å². The summed E-state index contributed by atoms with van der Waals surface area (Å²) < 4.78 is 4.40. The van der Waals surface area contributed by atoms with E-state index in [-0.39, 0.29) is 4.83 Å². The first kappa shape index (κ1) is 16.0. The fraction of sp³-hybridized carbons (Fsp3) is 0.333. The van der Waals surface area contributed by atoms with E-state index >= 15 is 0 Å². The van der Waals surface area contributed by atoms with Crippen LogP contribution in [0.2, 0.25) is 0 Å². The van der Waals surface area contributed by atoms with Crippen molar-refractivity contribution in [3.63, 3.8) is 0 Å². The molecular formula is C12H13Br2NO4. The van der Waals surface area contributed by atoms with E-state index in [9.17, 15) is 9.59 Å². The van der Waals surface area contributed by atoms with E-state index in [1.54, 1.807) is 12.1 Å². The molecule has 0 aromatic heterocycles. The first-order valence-electron chi connectivity index (χ1n) is 5.36. The van der Waals surface area contributed by atoms with Crippen LogP contribution < -0.4 is 5.32 Å². The molecule has 0 aliphatic heterocycles. The van der Waals surface area contributed by atoms with Crippen LogP contribution in [0.3, 0.4) is 0 Å². The van der Waals surface area contributed by atoms with Crippen LogP contribution in [0.5, 0.6) is 0 Å². The number of carboxylic acid groups (broad SMARTS) is 1. The molecule has 2 N–H and O–H groups in total. The van der Waals surface area contributed by atoms with Crippen molar-refractivity contribution in [2.24, 2.45) is 0 Å². The van der Waals surface area contributed by atoms with Crippen molar-refractivity contribution < 1.29 is 19.4 Å². The lowest BCUT2D eigenvalue weighted by atomic mass is 10.0. The highest BCUT2D eigenvalue weighted by atomic mass is 79.9. The minimum Gasteiger partial charge on any atom is -0.479 e. The van der Waals surface area contributed by atoms with Crippen molar-refractivity contribution in [3.8, 4) is 0 Å². The Labute approximate surface area is 127 Å². The Bertz CT molecular complexity index is 450. The summed E-state index contributed by atoms with van der Waals surface area (Å²) in [7, 11) is 1.18. The van der Waals surface area contributed by atoms with Gasteiger partial charge in [-0.25, -0.2) is 9.59 Å². The Hall–Kier alpha value is -1.08. The molecule has 0 spiro atoms. The number of nitrogens with one attached hydrogen (secondary N) is 1. The fourth-order valence-electron chi connectivity index (χ4n) is 1.45. The number of alkyl carbamates (subject to hydrolysis) is 1. The minimum atomic E-state index is -1.14. The molecule has 1 aromatic carbocycles. The van der Waals surface area contributed by atoms with Gasteiger partial charge < -0.3 is 15.2 Å². The number of alkyl halides is 2. The number of carboxylic acids is 1. The van der Waals surface area contributed by atoms with E-state index in [0.29, 0.717) is 5.56 Å². The Balaban J connectivity index is 2.91. The molecule has 7 heteroatoms. The van der Waals surface area contributed by atoms with Gasteiger partial charge in [-0.15, -0.1) is 0 Å². The monoisotopic (exact) mass is 393 g/mol. The third-order valence-corrected chi connectivity index (χ3v) is 4.83. The maximum absolute atomic E-state index is 11.1. The van der Waals surface area contributed by atoms with Crippen LogP contribution >= 0.6 is 31.9 Å². The van der Waals surface area contributed by atoms with E-state index in [2.05, 4.69) is 41.9 Å². The zero-order chi connectivity index (χ0) is 14.4. The number of carbonyl (C=O) groups is 2. The zero-order valence-electron chi connectivity index (χ0n) is 10.1. The van der Waals surface area contributed by atoms with Gasteiger partial charge in [-0.3, -0.25) is 0 Å². The van der Waals surface area contributed by atoms with Gasteiger partial charge in [0.05, 0.1) is 7.11 Å². The molecule has 0 aliphatic rings. The van der Waals surface area contributed by atoms with Crippen molar-refractivity contribution in [2.75, 3.05) is 12.4 Å². The maximum atomic E-state index is 11.1. The number of rotatable bonds is 5. The standard InChI is InChI=1S/C12H13Br2NO4/c1-19-12(18)15-10(11(16)17)8-4-2-7(3-5-8)9(14)6-13/h2-5,9-10H,6H2,1H3,(H,15,18)(H,16,17). The van der Waals surface area contributed by atoms with Gasteiger partial charge in [0.25, 0.3) is 0 Å². The van der Waals surface area contributed by atoms with E-state index in [0.717, 1.165) is 10.9 Å². The van der Waals surface area contributed by atoms with Crippen LogP contribution in [0.25, 0.3) is 0 Å². The third kappa shape index (κ3) is 4.50. The first-order valence-corrected chi connectivity index (χ1v) is 7.40. The highest BCUT2D eigenvalue weighted by Gasteiger charge is 2.22. The number of hydrogen-bond donors (Lipinski definition) is 2. The van der Waals surface area contributed by atoms with Gasteiger partial charge in [0, 0.05) is 10.2 Å². The molecule has 0 radical (unpaired) electrons. The molecule has 104 valence electrons. The molecule has 0 aliphatic carbocycles. The van der Waals surface area contributed by atoms with Crippen LogP contribution in [0.1, 0.15) is 22.0 Å². The summed E-state index contributed by atoms with van der Waals surface area (Å²) in [5.41, 5.74) is 1.50. The van der Waals surface area contributed by atoms with Crippen LogP contribution in [-0.2, 0) is 9.53 Å². The van der Waals surface area contributed by atoms with E-state index in [1.165, 1.54) is 7.11 Å². The second-order valence-electron chi connectivity index (χ2n) is 3.70. The van der Waals surface area contributed by atoms with E-state index < -0.39 is 18.1 Å². The molecule has 2 atom stereocenters. The number of ether oxygens (including phenoxy) is 1. The molecular weight excluding hydrogens is 382 g/mol. The second-order valence-corrected chi connectivity index (χ2v) is 5.45. The predicted octanol–water partition coefficient (Wildman–Crippen LogP) is 3.00. The largest absolute Gasteiger partial charge is 0.479 e. The van der Waals surface area contributed by atoms with Gasteiger partial charge in [0.2, 0.25) is 0 Å². The lowest BCUT2D eigenvalue weighted by Crippen LogP contribution is -2.33. The Morgan fingerprint density at radius 3 is 2.26 bits per heavy atom. The maximum Gasteiger partial charge on any atom is 0.407 e. The number of hydrogen-bond acceptors (Lipinski definition) is 3. The molecule has 19 heavy (non-hydrogen) atoms. The minimum absolute atomic E-state index is 0.151. The summed E-state index contributed by atoms with van der Waals surface area (Å²) in [5.74, 6) is -1.14. The predicted molar refractivity (Wildman–Crippen MR) is 77.8 cm³/mol. The Kier molecular flexibility index (Phi) is 6.30. The summed E-state index contributed by atoms with van der Waals surface area (Å²) >= 11 is 6.82. The summed E-state index contributed by atoms with van der Waals surface area (Å²) in [6.07, 6.45) is -0.782. The Morgan fingerprint density at radius 1 is 1.32 bits per heavy atom. The third-order valence-electron chi connectivity index (χ3n) is 2.46. The highest BCUT2D eigenvalue weighted by Crippen LogP contribution is 2.26. The number of benzene rings is 1. The lowest BCUT2D eigenvalue weighted by molar-refractivity contribution is -0.139.